The van der Waals surface area contributed by atoms with E-state index in [1.165, 1.54) is 0 Å². The summed E-state index contributed by atoms with van der Waals surface area (Å²) < 4.78 is 12.3. The highest BCUT2D eigenvalue weighted by Crippen LogP contribution is 2.33. The molecule has 4 aromatic rings. The predicted molar refractivity (Wildman–Crippen MR) is 126 cm³/mol. The molecular weight excluding hydrogens is 454 g/mol. The Labute approximate surface area is 189 Å². The van der Waals surface area contributed by atoms with Crippen LogP contribution < -0.4 is 4.74 Å². The average Bonchev–Trinajstić information content (AvgIpc) is 3.17. The van der Waals surface area contributed by atoms with Gasteiger partial charge in [-0.25, -0.2) is 0 Å². The Hall–Kier alpha value is -3.15. The molecule has 0 aliphatic carbocycles. The van der Waals surface area contributed by atoms with Crippen molar-refractivity contribution in [3.8, 4) is 22.8 Å². The molecule has 0 amide bonds. The van der Waals surface area contributed by atoms with Gasteiger partial charge in [0.25, 0.3) is 0 Å². The van der Waals surface area contributed by atoms with Crippen LogP contribution in [0.5, 0.6) is 11.5 Å². The number of para-hydroxylation sites is 1. The third-order valence-electron chi connectivity index (χ3n) is 4.88. The average molecular weight is 476 g/mol. The fraction of sp³-hybridized carbons (Fsp3) is 0.115. The first-order valence-electron chi connectivity index (χ1n) is 10.00. The maximum absolute atomic E-state index is 10.8. The Kier molecular flexibility index (Phi) is 6.65. The van der Waals surface area contributed by atoms with Crippen LogP contribution in [-0.2, 0) is 0 Å². The third kappa shape index (κ3) is 5.32. The second kappa shape index (κ2) is 9.77. The first kappa shape index (κ1) is 21.1. The number of benzene rings is 3. The monoisotopic (exact) mass is 475 g/mol. The number of hydrogen-bond donors (Lipinski definition) is 1. The number of nitrogens with zero attached hydrogens (tertiary/aromatic N) is 1. The summed E-state index contributed by atoms with van der Waals surface area (Å²) in [5.41, 5.74) is 3.33. The zero-order valence-corrected chi connectivity index (χ0v) is 18.6. The van der Waals surface area contributed by atoms with E-state index in [0.29, 0.717) is 17.9 Å². The van der Waals surface area contributed by atoms with E-state index < -0.39 is 6.10 Å². The molecule has 156 valence electrons. The highest BCUT2D eigenvalue weighted by atomic mass is 79.9. The van der Waals surface area contributed by atoms with Crippen LogP contribution in [0, 0.1) is 6.92 Å². The Balaban J connectivity index is 1.41. The molecule has 0 saturated heterocycles. The number of rotatable bonds is 7. The van der Waals surface area contributed by atoms with E-state index >= 15 is 0 Å². The maximum Gasteiger partial charge on any atom is 0.172 e. The van der Waals surface area contributed by atoms with Gasteiger partial charge in [-0.1, -0.05) is 75.7 Å². The quantitative estimate of drug-likeness (QED) is 0.303. The lowest BCUT2D eigenvalue weighted by Gasteiger charge is -2.09. The van der Waals surface area contributed by atoms with E-state index in [4.69, 9.17) is 9.26 Å². The van der Waals surface area contributed by atoms with Crippen molar-refractivity contribution in [1.29, 1.82) is 0 Å². The summed E-state index contributed by atoms with van der Waals surface area (Å²) in [6, 6.07) is 25.3. The van der Waals surface area contributed by atoms with Crippen molar-refractivity contribution in [2.45, 2.75) is 19.4 Å². The molecule has 1 heterocycles. The van der Waals surface area contributed by atoms with Crippen LogP contribution in [0.4, 0.5) is 0 Å². The Morgan fingerprint density at radius 3 is 2.35 bits per heavy atom. The summed E-state index contributed by atoms with van der Waals surface area (Å²) in [5, 5.41) is 14.9. The van der Waals surface area contributed by atoms with Crippen LogP contribution in [0.2, 0.25) is 0 Å². The van der Waals surface area contributed by atoms with Crippen molar-refractivity contribution in [3.63, 3.8) is 0 Å². The molecule has 0 aliphatic heterocycles. The van der Waals surface area contributed by atoms with Gasteiger partial charge in [-0.3, -0.25) is 0 Å². The van der Waals surface area contributed by atoms with E-state index in [0.717, 1.165) is 32.7 Å². The van der Waals surface area contributed by atoms with Gasteiger partial charge in [0.2, 0.25) is 0 Å². The number of aromatic nitrogens is 1. The lowest BCUT2D eigenvalue weighted by atomic mass is 10.00. The van der Waals surface area contributed by atoms with Crippen LogP contribution in [0.3, 0.4) is 0 Å². The third-order valence-corrected chi connectivity index (χ3v) is 5.41. The minimum absolute atomic E-state index is 0.452. The Morgan fingerprint density at radius 1 is 0.968 bits per heavy atom. The summed E-state index contributed by atoms with van der Waals surface area (Å²) >= 11 is 3.44. The van der Waals surface area contributed by atoms with Gasteiger partial charge in [-0.05, 0) is 55.3 Å². The summed E-state index contributed by atoms with van der Waals surface area (Å²) in [6.45, 7) is 1.85. The zero-order chi connectivity index (χ0) is 21.6. The molecule has 31 heavy (non-hydrogen) atoms. The molecule has 0 bridgehead atoms. The largest absolute Gasteiger partial charge is 0.457 e. The van der Waals surface area contributed by atoms with Crippen molar-refractivity contribution in [2.75, 3.05) is 0 Å². The number of aliphatic hydroxyl groups excluding tert-OH is 1. The predicted octanol–water partition coefficient (Wildman–Crippen LogP) is 7.34. The van der Waals surface area contributed by atoms with Gasteiger partial charge in [0.05, 0.1) is 17.4 Å². The van der Waals surface area contributed by atoms with E-state index in [9.17, 15) is 5.11 Å². The molecule has 0 aliphatic rings. The van der Waals surface area contributed by atoms with Crippen LogP contribution >= 0.6 is 15.9 Å². The van der Waals surface area contributed by atoms with Crippen molar-refractivity contribution >= 4 is 22.0 Å². The van der Waals surface area contributed by atoms with Crippen LogP contribution in [0.1, 0.15) is 29.3 Å². The van der Waals surface area contributed by atoms with Crippen molar-refractivity contribution in [1.82, 2.24) is 5.16 Å². The number of aryl methyl sites for hydroxylation is 1. The van der Waals surface area contributed by atoms with Gasteiger partial charge in [0, 0.05) is 10.0 Å². The highest BCUT2D eigenvalue weighted by Gasteiger charge is 2.21. The van der Waals surface area contributed by atoms with Gasteiger partial charge in [0.1, 0.15) is 11.5 Å². The van der Waals surface area contributed by atoms with Crippen LogP contribution in [0.25, 0.3) is 17.4 Å². The molecule has 1 atom stereocenters. The van der Waals surface area contributed by atoms with Crippen molar-refractivity contribution in [2.24, 2.45) is 0 Å². The van der Waals surface area contributed by atoms with Crippen molar-refractivity contribution in [3.05, 3.63) is 106 Å². The molecule has 5 heteroatoms. The number of halogens is 1. The zero-order valence-electron chi connectivity index (χ0n) is 17.0. The molecule has 1 unspecified atom stereocenters. The van der Waals surface area contributed by atoms with Gasteiger partial charge in [-0.2, -0.15) is 0 Å². The molecule has 4 rings (SSSR count). The summed E-state index contributed by atoms with van der Waals surface area (Å²) in [7, 11) is 0. The lowest BCUT2D eigenvalue weighted by molar-refractivity contribution is 0.181. The fourth-order valence-electron chi connectivity index (χ4n) is 3.30. The fourth-order valence-corrected chi connectivity index (χ4v) is 3.57. The van der Waals surface area contributed by atoms with Gasteiger partial charge in [-0.15, -0.1) is 0 Å². The van der Waals surface area contributed by atoms with E-state index in [2.05, 4.69) is 21.1 Å². The minimum Gasteiger partial charge on any atom is -0.457 e. The number of hydrogen-bond acceptors (Lipinski definition) is 4. The molecule has 0 fully saturated rings. The standard InChI is InChI=1S/C26H22BrNO3/c1-18-25(26(31-28-18)20-12-14-21(27)15-13-20)24(29)9-5-6-19-10-16-23(17-11-19)30-22-7-3-2-4-8-22/h2-8,10-17,24,29H,9H2,1H3/b6-5+. The number of aliphatic hydroxyl groups is 1. The van der Waals surface area contributed by atoms with Crippen molar-refractivity contribution < 1.29 is 14.4 Å². The van der Waals surface area contributed by atoms with E-state index in [-0.39, 0.29) is 0 Å². The molecule has 0 radical (unpaired) electrons. The smallest absolute Gasteiger partial charge is 0.172 e. The summed E-state index contributed by atoms with van der Waals surface area (Å²) in [4.78, 5) is 0. The molecular formula is C26H22BrNO3. The molecule has 1 N–H and O–H groups in total. The molecule has 0 saturated carbocycles. The minimum atomic E-state index is -0.707. The first-order valence-corrected chi connectivity index (χ1v) is 10.8. The maximum atomic E-state index is 10.8. The highest BCUT2D eigenvalue weighted by molar-refractivity contribution is 9.10. The molecule has 1 aromatic heterocycles. The Morgan fingerprint density at radius 2 is 1.65 bits per heavy atom. The molecule has 3 aromatic carbocycles. The second-order valence-electron chi connectivity index (χ2n) is 7.16. The Bertz CT molecular complexity index is 1150. The summed E-state index contributed by atoms with van der Waals surface area (Å²) in [6.07, 6.45) is 3.68. The van der Waals surface area contributed by atoms with Gasteiger partial charge >= 0.3 is 0 Å². The first-order chi connectivity index (χ1) is 15.1. The molecule has 0 spiro atoms. The van der Waals surface area contributed by atoms with E-state index in [1.807, 2.05) is 97.9 Å². The normalized spacial score (nSPS) is 12.2. The molecule has 4 nitrogen and oxygen atoms in total. The van der Waals surface area contributed by atoms with Gasteiger partial charge in [0.15, 0.2) is 5.76 Å². The topological polar surface area (TPSA) is 55.5 Å². The van der Waals surface area contributed by atoms with Crippen LogP contribution in [0.15, 0.2) is 93.9 Å². The lowest BCUT2D eigenvalue weighted by Crippen LogP contribution is -1.98. The van der Waals surface area contributed by atoms with Crippen LogP contribution in [-0.4, -0.2) is 10.3 Å². The van der Waals surface area contributed by atoms with Gasteiger partial charge < -0.3 is 14.4 Å². The number of ether oxygens (including phenoxy) is 1. The second-order valence-corrected chi connectivity index (χ2v) is 8.07. The van der Waals surface area contributed by atoms with E-state index in [1.54, 1.807) is 0 Å². The summed E-state index contributed by atoms with van der Waals surface area (Å²) in [5.74, 6) is 2.19. The SMILES string of the molecule is Cc1noc(-c2ccc(Br)cc2)c1C(O)C/C=C/c1ccc(Oc2ccccc2)cc1.